The fourth-order valence-corrected chi connectivity index (χ4v) is 6.37. The van der Waals surface area contributed by atoms with Crippen molar-refractivity contribution >= 4 is 17.3 Å². The lowest BCUT2D eigenvalue weighted by atomic mass is 9.39. The van der Waals surface area contributed by atoms with E-state index in [1.807, 2.05) is 39.8 Å². The Balaban J connectivity index is 2.02. The van der Waals surface area contributed by atoms with E-state index in [1.54, 1.807) is 24.3 Å². The number of hydrogen-bond donors (Lipinski definition) is 0. The van der Waals surface area contributed by atoms with Gasteiger partial charge in [-0.2, -0.15) is 0 Å². The molecule has 3 aliphatic rings. The zero-order chi connectivity index (χ0) is 24.9. The van der Waals surface area contributed by atoms with Crippen LogP contribution in [0.5, 0.6) is 0 Å². The maximum absolute atomic E-state index is 14.6. The fourth-order valence-electron chi connectivity index (χ4n) is 6.37. The monoisotopic (exact) mass is 460 g/mol. The van der Waals surface area contributed by atoms with Crippen molar-refractivity contribution in [1.82, 2.24) is 0 Å². The molecule has 2 fully saturated rings. The van der Waals surface area contributed by atoms with Crippen molar-refractivity contribution in [2.45, 2.75) is 67.2 Å². The van der Waals surface area contributed by atoms with Crippen LogP contribution in [0.1, 0.15) is 77.6 Å². The van der Waals surface area contributed by atoms with E-state index in [1.165, 1.54) is 5.57 Å². The van der Waals surface area contributed by atoms with Gasteiger partial charge in [0.05, 0.1) is 12.0 Å². The van der Waals surface area contributed by atoms with E-state index in [0.717, 1.165) is 12.0 Å². The van der Waals surface area contributed by atoms with E-state index in [-0.39, 0.29) is 23.3 Å². The zero-order valence-electron chi connectivity index (χ0n) is 21.3. The van der Waals surface area contributed by atoms with Crippen molar-refractivity contribution in [3.63, 3.8) is 0 Å². The first-order chi connectivity index (χ1) is 16.0. The van der Waals surface area contributed by atoms with Crippen LogP contribution >= 0.6 is 0 Å². The molecule has 1 saturated heterocycles. The average molecular weight is 461 g/mol. The maximum Gasteiger partial charge on any atom is 0.184 e. The molecule has 2 aliphatic carbocycles. The van der Waals surface area contributed by atoms with Gasteiger partial charge >= 0.3 is 0 Å². The molecule has 0 aromatic heterocycles. The van der Waals surface area contributed by atoms with Gasteiger partial charge in [-0.15, -0.1) is 0 Å². The van der Waals surface area contributed by atoms with Gasteiger partial charge in [0.1, 0.15) is 5.76 Å². The minimum Gasteiger partial charge on any atom is -0.496 e. The second-order valence-electron chi connectivity index (χ2n) is 11.2. The second kappa shape index (κ2) is 8.48. The first-order valence-corrected chi connectivity index (χ1v) is 12.3. The Bertz CT molecular complexity index is 1130. The highest BCUT2D eigenvalue weighted by molar-refractivity contribution is 6.36. The smallest absolute Gasteiger partial charge is 0.184 e. The molecule has 1 aliphatic heterocycles. The summed E-state index contributed by atoms with van der Waals surface area (Å²) < 4.78 is 6.07. The van der Waals surface area contributed by atoms with Crippen molar-refractivity contribution in [3.05, 3.63) is 70.5 Å². The van der Waals surface area contributed by atoms with Crippen LogP contribution in [0.15, 0.2) is 65.0 Å². The molecule has 4 nitrogen and oxygen atoms in total. The highest BCUT2D eigenvalue weighted by atomic mass is 16.5. The normalized spacial score (nSPS) is 29.3. The van der Waals surface area contributed by atoms with Gasteiger partial charge < -0.3 is 4.74 Å². The number of carbonyl (C=O) groups is 3. The lowest BCUT2D eigenvalue weighted by molar-refractivity contribution is -0.162. The Kier molecular flexibility index (Phi) is 6.08. The molecule has 34 heavy (non-hydrogen) atoms. The number of ketones is 3. The van der Waals surface area contributed by atoms with Crippen LogP contribution in [0, 0.1) is 22.2 Å². The number of hydrogen-bond acceptors (Lipinski definition) is 4. The summed E-state index contributed by atoms with van der Waals surface area (Å²) >= 11 is 0. The molecule has 4 rings (SSSR count). The minimum atomic E-state index is -1.76. The van der Waals surface area contributed by atoms with Crippen molar-refractivity contribution in [2.75, 3.05) is 6.61 Å². The Labute approximate surface area is 203 Å². The molecule has 1 aromatic carbocycles. The fraction of sp³-hybridized carbons (Fsp3) is 0.500. The van der Waals surface area contributed by atoms with E-state index in [2.05, 4.69) is 19.9 Å². The summed E-state index contributed by atoms with van der Waals surface area (Å²) in [4.78, 5) is 43.4. The second-order valence-corrected chi connectivity index (χ2v) is 11.2. The lowest BCUT2D eigenvalue weighted by Gasteiger charge is -2.58. The van der Waals surface area contributed by atoms with Crippen LogP contribution in [-0.2, 0) is 14.3 Å². The van der Waals surface area contributed by atoms with Crippen LogP contribution in [0.2, 0.25) is 0 Å². The number of benzene rings is 1. The first kappa shape index (κ1) is 24.4. The van der Waals surface area contributed by atoms with Crippen LogP contribution in [0.3, 0.4) is 0 Å². The van der Waals surface area contributed by atoms with E-state index in [4.69, 9.17) is 4.74 Å². The Hall–Kier alpha value is -2.75. The van der Waals surface area contributed by atoms with Crippen LogP contribution < -0.4 is 0 Å². The summed E-state index contributed by atoms with van der Waals surface area (Å²) in [5, 5.41) is 0. The van der Waals surface area contributed by atoms with Gasteiger partial charge in [-0.3, -0.25) is 14.4 Å². The summed E-state index contributed by atoms with van der Waals surface area (Å²) in [7, 11) is 0. The minimum absolute atomic E-state index is 0.0154. The molecule has 4 heteroatoms. The molecular weight excluding hydrogens is 424 g/mol. The topological polar surface area (TPSA) is 60.4 Å². The summed E-state index contributed by atoms with van der Waals surface area (Å²) in [5.74, 6) is -0.448. The van der Waals surface area contributed by atoms with Crippen LogP contribution in [-0.4, -0.2) is 24.0 Å². The Morgan fingerprint density at radius 1 is 1.03 bits per heavy atom. The molecular formula is C30H36O4. The predicted molar refractivity (Wildman–Crippen MR) is 133 cm³/mol. The molecule has 1 spiro atoms. The third-order valence-corrected chi connectivity index (χ3v) is 8.36. The van der Waals surface area contributed by atoms with Gasteiger partial charge in [-0.05, 0) is 58.3 Å². The quantitative estimate of drug-likeness (QED) is 0.279. The maximum atomic E-state index is 14.6. The summed E-state index contributed by atoms with van der Waals surface area (Å²) in [6, 6.07) is 8.86. The zero-order valence-corrected chi connectivity index (χ0v) is 21.3. The highest BCUT2D eigenvalue weighted by Gasteiger charge is 2.76. The van der Waals surface area contributed by atoms with Gasteiger partial charge in [0.25, 0.3) is 0 Å². The molecule has 180 valence electrons. The first-order valence-electron chi connectivity index (χ1n) is 12.3. The number of rotatable bonds is 6. The Morgan fingerprint density at radius 2 is 1.68 bits per heavy atom. The standard InChI is InChI=1S/C30H36O4/c1-19(2)12-14-22-18-29-16-17-34-26(29)23(15-13-20(3)4)25(32)30(27(29)33,28(22,5)6)24(31)21-10-8-7-9-11-21/h7-13,22H,14-18H2,1-6H3/t22-,29+,30-/m0/s1. The van der Waals surface area contributed by atoms with Crippen molar-refractivity contribution < 1.29 is 19.1 Å². The molecule has 0 radical (unpaired) electrons. The molecule has 1 heterocycles. The molecule has 1 aromatic rings. The molecule has 0 unspecified atom stereocenters. The number of carbonyl (C=O) groups excluding carboxylic acids is 3. The molecule has 3 atom stereocenters. The summed E-state index contributed by atoms with van der Waals surface area (Å²) in [6.07, 6.45) is 6.39. The summed E-state index contributed by atoms with van der Waals surface area (Å²) in [6.45, 7) is 12.4. The average Bonchev–Trinajstić information content (AvgIpc) is 3.20. The Morgan fingerprint density at radius 3 is 2.29 bits per heavy atom. The molecule has 2 bridgehead atoms. The lowest BCUT2D eigenvalue weighted by Crippen LogP contribution is -2.69. The van der Waals surface area contributed by atoms with Gasteiger partial charge in [-0.1, -0.05) is 67.5 Å². The van der Waals surface area contributed by atoms with Gasteiger partial charge in [0, 0.05) is 17.6 Å². The van der Waals surface area contributed by atoms with E-state index in [9.17, 15) is 14.4 Å². The van der Waals surface area contributed by atoms with Gasteiger partial charge in [0.15, 0.2) is 22.8 Å². The largest absolute Gasteiger partial charge is 0.496 e. The molecule has 0 N–H and O–H groups in total. The van der Waals surface area contributed by atoms with E-state index in [0.29, 0.717) is 42.8 Å². The molecule has 1 saturated carbocycles. The third-order valence-electron chi connectivity index (χ3n) is 8.36. The van der Waals surface area contributed by atoms with Crippen LogP contribution in [0.25, 0.3) is 0 Å². The highest BCUT2D eigenvalue weighted by Crippen LogP contribution is 2.67. The van der Waals surface area contributed by atoms with Gasteiger partial charge in [0.2, 0.25) is 0 Å². The van der Waals surface area contributed by atoms with Crippen molar-refractivity contribution in [2.24, 2.45) is 22.2 Å². The van der Waals surface area contributed by atoms with Crippen molar-refractivity contribution in [3.8, 4) is 0 Å². The number of fused-ring (bicyclic) bond motifs is 1. The van der Waals surface area contributed by atoms with Gasteiger partial charge in [-0.25, -0.2) is 0 Å². The number of Topliss-reactive ketones (excluding diaryl/α,β-unsaturated/α-hetero) is 3. The van der Waals surface area contributed by atoms with Crippen LogP contribution in [0.4, 0.5) is 0 Å². The SMILES string of the molecule is CC(C)=CCC1=C2OCC[C@@]23C[C@H](CC=C(C)C)C(C)(C)[C@@](C(=O)c2ccccc2)(C1=O)C3=O. The third kappa shape index (κ3) is 3.29. The number of allylic oxidation sites excluding steroid dienone is 6. The number of ether oxygens (including phenoxy) is 1. The van der Waals surface area contributed by atoms with E-state index < -0.39 is 16.2 Å². The van der Waals surface area contributed by atoms with E-state index >= 15 is 0 Å². The van der Waals surface area contributed by atoms with Crippen molar-refractivity contribution in [1.29, 1.82) is 0 Å². The molecule has 0 amide bonds. The predicted octanol–water partition coefficient (Wildman–Crippen LogP) is 6.43. The summed E-state index contributed by atoms with van der Waals surface area (Å²) in [5.41, 5.74) is -0.314.